The van der Waals surface area contributed by atoms with Crippen molar-refractivity contribution in [2.75, 3.05) is 6.54 Å². The quantitative estimate of drug-likeness (QED) is 0.695. The predicted octanol–water partition coefficient (Wildman–Crippen LogP) is -0.334. The Kier molecular flexibility index (Phi) is 3.88. The minimum atomic E-state index is -1.33. The van der Waals surface area contributed by atoms with Gasteiger partial charge in [0.15, 0.2) is 0 Å². The number of rotatable bonds is 4. The second kappa shape index (κ2) is 5.41. The van der Waals surface area contributed by atoms with Crippen LogP contribution < -0.4 is 11.1 Å². The first-order chi connectivity index (χ1) is 8.58. The van der Waals surface area contributed by atoms with Gasteiger partial charge in [-0.3, -0.25) is 9.59 Å². The van der Waals surface area contributed by atoms with Crippen LogP contribution in [0.5, 0.6) is 0 Å². The van der Waals surface area contributed by atoms with Gasteiger partial charge in [0.1, 0.15) is 6.10 Å². The molecule has 0 spiro atoms. The minimum Gasteiger partial charge on any atom is -0.381 e. The summed E-state index contributed by atoms with van der Waals surface area (Å²) in [5, 5.41) is 11.5. The highest BCUT2D eigenvalue weighted by atomic mass is 32.2. The molecule has 96 valence electrons. The molecule has 18 heavy (non-hydrogen) atoms. The van der Waals surface area contributed by atoms with Crippen LogP contribution in [0.2, 0.25) is 0 Å². The van der Waals surface area contributed by atoms with Crippen LogP contribution in [0.15, 0.2) is 29.2 Å². The summed E-state index contributed by atoms with van der Waals surface area (Å²) in [5.41, 5.74) is 6.05. The fourth-order valence-electron chi connectivity index (χ4n) is 1.74. The number of nitrogens with two attached hydrogens (primary N) is 1. The second-order valence-corrected chi connectivity index (χ2v) is 5.33. The van der Waals surface area contributed by atoms with Crippen LogP contribution in [0.1, 0.15) is 5.56 Å². The summed E-state index contributed by atoms with van der Waals surface area (Å²) >= 11 is 1.49. The highest BCUT2D eigenvalue weighted by molar-refractivity contribution is 8.01. The van der Waals surface area contributed by atoms with Crippen molar-refractivity contribution in [2.45, 2.75) is 22.7 Å². The summed E-state index contributed by atoms with van der Waals surface area (Å²) in [7, 11) is 0. The smallest absolute Gasteiger partial charge is 0.248 e. The molecule has 2 amide bonds. The lowest BCUT2D eigenvalue weighted by atomic mass is 10.1. The lowest BCUT2D eigenvalue weighted by Gasteiger charge is -2.11. The number of fused-ring (bicyclic) bond motifs is 1. The Bertz CT molecular complexity index is 453. The number of nitrogens with one attached hydrogen (secondary N) is 1. The first-order valence-electron chi connectivity index (χ1n) is 5.57. The Hall–Kier alpha value is -1.53. The normalized spacial score (nSPS) is 19.1. The molecule has 0 aliphatic carbocycles. The molecule has 1 heterocycles. The van der Waals surface area contributed by atoms with Crippen LogP contribution in [0, 0.1) is 0 Å². The molecule has 2 atom stereocenters. The van der Waals surface area contributed by atoms with E-state index in [4.69, 9.17) is 5.73 Å². The summed E-state index contributed by atoms with van der Waals surface area (Å²) < 4.78 is 0. The molecule has 0 saturated carbocycles. The predicted molar refractivity (Wildman–Crippen MR) is 68.0 cm³/mol. The number of benzene rings is 1. The zero-order valence-electron chi connectivity index (χ0n) is 9.63. The highest BCUT2D eigenvalue weighted by Crippen LogP contribution is 2.36. The summed E-state index contributed by atoms with van der Waals surface area (Å²) in [5.74, 6) is -1.02. The molecule has 6 heteroatoms. The zero-order valence-corrected chi connectivity index (χ0v) is 10.4. The number of primary amides is 1. The molecule has 4 N–H and O–H groups in total. The van der Waals surface area contributed by atoms with Crippen molar-refractivity contribution < 1.29 is 14.7 Å². The Morgan fingerprint density at radius 3 is 2.89 bits per heavy atom. The molecule has 0 aromatic heterocycles. The standard InChI is InChI=1S/C12H14N2O3S/c13-11(16)8(15)6-14-12(17)10-5-7-3-1-2-4-9(7)18-10/h1-4,8,10,15H,5-6H2,(H2,13,16)(H,14,17). The average Bonchev–Trinajstić information content (AvgIpc) is 2.79. The first-order valence-corrected chi connectivity index (χ1v) is 6.45. The van der Waals surface area contributed by atoms with Crippen molar-refractivity contribution in [1.29, 1.82) is 0 Å². The molecule has 1 aromatic rings. The van der Waals surface area contributed by atoms with Gasteiger partial charge in [-0.05, 0) is 18.1 Å². The van der Waals surface area contributed by atoms with E-state index in [-0.39, 0.29) is 17.7 Å². The second-order valence-electron chi connectivity index (χ2n) is 4.08. The Balaban J connectivity index is 1.88. The largest absolute Gasteiger partial charge is 0.381 e. The summed E-state index contributed by atoms with van der Waals surface area (Å²) in [6.07, 6.45) is -0.665. The maximum Gasteiger partial charge on any atom is 0.248 e. The van der Waals surface area contributed by atoms with Gasteiger partial charge in [-0.15, -0.1) is 11.8 Å². The lowest BCUT2D eigenvalue weighted by molar-refractivity contribution is -0.126. The van der Waals surface area contributed by atoms with E-state index in [1.807, 2.05) is 24.3 Å². The van der Waals surface area contributed by atoms with Crippen LogP contribution in [0.3, 0.4) is 0 Å². The number of thioether (sulfide) groups is 1. The molecule has 0 saturated heterocycles. The summed E-state index contributed by atoms with van der Waals surface area (Å²) in [6, 6.07) is 7.85. The number of hydrogen-bond donors (Lipinski definition) is 3. The van der Waals surface area contributed by atoms with Gasteiger partial charge < -0.3 is 16.2 Å². The molecular formula is C12H14N2O3S. The molecule has 1 aliphatic heterocycles. The first kappa shape index (κ1) is 12.9. The maximum atomic E-state index is 11.8. The van der Waals surface area contributed by atoms with Gasteiger partial charge in [0, 0.05) is 4.90 Å². The van der Waals surface area contributed by atoms with Crippen molar-refractivity contribution >= 4 is 23.6 Å². The monoisotopic (exact) mass is 266 g/mol. The maximum absolute atomic E-state index is 11.8. The van der Waals surface area contributed by atoms with Crippen molar-refractivity contribution in [1.82, 2.24) is 5.32 Å². The van der Waals surface area contributed by atoms with Gasteiger partial charge >= 0.3 is 0 Å². The van der Waals surface area contributed by atoms with E-state index >= 15 is 0 Å². The van der Waals surface area contributed by atoms with Gasteiger partial charge in [0.05, 0.1) is 11.8 Å². The minimum absolute atomic E-state index is 0.137. The molecule has 0 radical (unpaired) electrons. The van der Waals surface area contributed by atoms with Gasteiger partial charge in [-0.1, -0.05) is 18.2 Å². The van der Waals surface area contributed by atoms with Crippen molar-refractivity contribution in [3.63, 3.8) is 0 Å². The molecule has 1 aliphatic rings. The lowest BCUT2D eigenvalue weighted by Crippen LogP contribution is -2.42. The Morgan fingerprint density at radius 1 is 1.50 bits per heavy atom. The van der Waals surface area contributed by atoms with E-state index in [0.717, 1.165) is 10.5 Å². The van der Waals surface area contributed by atoms with Crippen molar-refractivity contribution in [3.8, 4) is 0 Å². The summed E-state index contributed by atoms with van der Waals surface area (Å²) in [4.78, 5) is 23.6. The van der Waals surface area contributed by atoms with Crippen LogP contribution in [0.4, 0.5) is 0 Å². The SMILES string of the molecule is NC(=O)C(O)CNC(=O)C1Cc2ccccc2S1. The topological polar surface area (TPSA) is 92.4 Å². The van der Waals surface area contributed by atoms with Crippen LogP contribution in [0.25, 0.3) is 0 Å². The number of hydrogen-bond acceptors (Lipinski definition) is 4. The van der Waals surface area contributed by atoms with E-state index in [0.29, 0.717) is 6.42 Å². The molecule has 5 nitrogen and oxygen atoms in total. The molecule has 1 aromatic carbocycles. The number of aliphatic hydroxyl groups excluding tert-OH is 1. The number of carbonyl (C=O) groups is 2. The Labute approximate surface area is 109 Å². The number of aliphatic hydroxyl groups is 1. The number of amides is 2. The van der Waals surface area contributed by atoms with E-state index in [1.165, 1.54) is 11.8 Å². The molecule has 0 fully saturated rings. The summed E-state index contributed by atoms with van der Waals surface area (Å²) in [6.45, 7) is -0.137. The fraction of sp³-hybridized carbons (Fsp3) is 0.333. The van der Waals surface area contributed by atoms with Crippen LogP contribution in [-0.2, 0) is 16.0 Å². The van der Waals surface area contributed by atoms with Gasteiger partial charge in [-0.25, -0.2) is 0 Å². The molecule has 2 unspecified atom stereocenters. The highest BCUT2D eigenvalue weighted by Gasteiger charge is 2.28. The van der Waals surface area contributed by atoms with E-state index in [2.05, 4.69) is 5.32 Å². The molecular weight excluding hydrogens is 252 g/mol. The third kappa shape index (κ3) is 2.83. The van der Waals surface area contributed by atoms with E-state index in [9.17, 15) is 14.7 Å². The van der Waals surface area contributed by atoms with Gasteiger partial charge in [0.25, 0.3) is 0 Å². The zero-order chi connectivity index (χ0) is 13.1. The third-order valence-corrected chi connectivity index (χ3v) is 4.06. The van der Waals surface area contributed by atoms with Crippen molar-refractivity contribution in [3.05, 3.63) is 29.8 Å². The number of carbonyl (C=O) groups excluding carboxylic acids is 2. The average molecular weight is 266 g/mol. The van der Waals surface area contributed by atoms with Crippen LogP contribution >= 0.6 is 11.8 Å². The molecule has 2 rings (SSSR count). The Morgan fingerprint density at radius 2 is 2.22 bits per heavy atom. The fourth-order valence-corrected chi connectivity index (χ4v) is 2.96. The van der Waals surface area contributed by atoms with Gasteiger partial charge in [-0.2, -0.15) is 0 Å². The van der Waals surface area contributed by atoms with E-state index < -0.39 is 12.0 Å². The molecule has 0 bridgehead atoms. The third-order valence-electron chi connectivity index (χ3n) is 2.74. The van der Waals surface area contributed by atoms with Gasteiger partial charge in [0.2, 0.25) is 11.8 Å². The van der Waals surface area contributed by atoms with E-state index in [1.54, 1.807) is 0 Å². The van der Waals surface area contributed by atoms with Crippen LogP contribution in [-0.4, -0.2) is 34.8 Å². The van der Waals surface area contributed by atoms with Crippen molar-refractivity contribution in [2.24, 2.45) is 5.73 Å².